The molecule has 0 bridgehead atoms. The third kappa shape index (κ3) is 4.92. The maximum absolute atomic E-state index is 2.50. The molecule has 0 saturated heterocycles. The topological polar surface area (TPSA) is 3.24 Å². The molecule has 0 spiro atoms. The van der Waals surface area contributed by atoms with E-state index in [9.17, 15) is 0 Å². The standard InChI is InChI=1S/C53H37NS/c1-53(2)46-23-8-5-20-45(46)52-44(22-12-24-47(52)53)40-18-6-9-25-48(40)54(49-26-13-21-39-38-17-4-3-14-34(38)28-30-41(39)49)37-16-11-15-35(32-37)36-29-31-43-42-19-7-10-27-50(42)55-51(43)33-36/h3-33H,1-2H3. The first kappa shape index (κ1) is 32.0. The Kier molecular flexibility index (Phi) is 7.14. The van der Waals surface area contributed by atoms with Crippen LogP contribution >= 0.6 is 11.3 Å². The van der Waals surface area contributed by atoms with Gasteiger partial charge in [-0.1, -0.05) is 166 Å². The molecule has 0 aliphatic heterocycles. The smallest absolute Gasteiger partial charge is 0.0540 e. The van der Waals surface area contributed by atoms with E-state index >= 15 is 0 Å². The first-order valence-corrected chi connectivity index (χ1v) is 19.9. The predicted molar refractivity (Wildman–Crippen MR) is 237 cm³/mol. The number of rotatable bonds is 5. The average molecular weight is 720 g/mol. The minimum absolute atomic E-state index is 0.0862. The Hall–Kier alpha value is -6.48. The van der Waals surface area contributed by atoms with Crippen LogP contribution in [0.1, 0.15) is 25.0 Å². The van der Waals surface area contributed by atoms with Crippen molar-refractivity contribution in [2.24, 2.45) is 0 Å². The Bertz CT molecular complexity index is 3150. The molecule has 10 aromatic rings. The number of para-hydroxylation sites is 1. The second kappa shape index (κ2) is 12.3. The van der Waals surface area contributed by atoms with Gasteiger partial charge >= 0.3 is 0 Å². The van der Waals surface area contributed by atoms with Gasteiger partial charge in [0.25, 0.3) is 0 Å². The first-order chi connectivity index (χ1) is 27.0. The molecule has 1 aromatic heterocycles. The molecule has 0 saturated carbocycles. The van der Waals surface area contributed by atoms with E-state index in [0.717, 1.165) is 17.1 Å². The Morgan fingerprint density at radius 2 is 1.04 bits per heavy atom. The summed E-state index contributed by atoms with van der Waals surface area (Å²) < 4.78 is 2.64. The van der Waals surface area contributed by atoms with E-state index < -0.39 is 0 Å². The molecule has 1 heterocycles. The molecule has 0 unspecified atom stereocenters. The molecule has 11 rings (SSSR count). The third-order valence-corrected chi connectivity index (χ3v) is 13.0. The van der Waals surface area contributed by atoms with Crippen LogP contribution in [-0.4, -0.2) is 0 Å². The number of fused-ring (bicyclic) bond motifs is 9. The summed E-state index contributed by atoms with van der Waals surface area (Å²) in [5.41, 5.74) is 13.6. The van der Waals surface area contributed by atoms with Crippen molar-refractivity contribution < 1.29 is 0 Å². The molecule has 0 N–H and O–H groups in total. The van der Waals surface area contributed by atoms with Crippen LogP contribution in [0.15, 0.2) is 188 Å². The Balaban J connectivity index is 1.16. The maximum Gasteiger partial charge on any atom is 0.0540 e. The summed E-state index contributed by atoms with van der Waals surface area (Å²) in [5, 5.41) is 7.63. The largest absolute Gasteiger partial charge is 0.309 e. The average Bonchev–Trinajstić information content (AvgIpc) is 3.73. The van der Waals surface area contributed by atoms with Gasteiger partial charge in [-0.25, -0.2) is 0 Å². The van der Waals surface area contributed by atoms with Gasteiger partial charge < -0.3 is 4.90 Å². The SMILES string of the molecule is CC1(C)c2ccccc2-c2c(-c3ccccc3N(c3cccc(-c4ccc5c(c4)sc4ccccc45)c3)c3cccc4c3ccc3ccccc34)cccc21. The summed E-state index contributed by atoms with van der Waals surface area (Å²) in [4.78, 5) is 2.50. The second-order valence-electron chi connectivity index (χ2n) is 15.3. The number of benzene rings is 9. The zero-order chi connectivity index (χ0) is 36.7. The summed E-state index contributed by atoms with van der Waals surface area (Å²) >= 11 is 1.87. The summed E-state index contributed by atoms with van der Waals surface area (Å²) in [6.45, 7) is 4.73. The van der Waals surface area contributed by atoms with Crippen LogP contribution in [0.4, 0.5) is 17.1 Å². The number of nitrogens with zero attached hydrogens (tertiary/aromatic N) is 1. The fourth-order valence-electron chi connectivity index (χ4n) is 9.23. The van der Waals surface area contributed by atoms with Crippen molar-refractivity contribution in [1.29, 1.82) is 0 Å². The van der Waals surface area contributed by atoms with E-state index in [1.165, 1.54) is 86.2 Å². The van der Waals surface area contributed by atoms with Crippen LogP contribution in [0.3, 0.4) is 0 Å². The number of hydrogen-bond acceptors (Lipinski definition) is 2. The Labute approximate surface area is 325 Å². The monoisotopic (exact) mass is 719 g/mol. The van der Waals surface area contributed by atoms with Crippen molar-refractivity contribution in [2.75, 3.05) is 4.90 Å². The molecular weight excluding hydrogens is 683 g/mol. The molecule has 0 radical (unpaired) electrons. The van der Waals surface area contributed by atoms with Gasteiger partial charge in [-0.15, -0.1) is 11.3 Å². The fourth-order valence-corrected chi connectivity index (χ4v) is 10.4. The van der Waals surface area contributed by atoms with E-state index in [4.69, 9.17) is 0 Å². The van der Waals surface area contributed by atoms with Gasteiger partial charge in [-0.3, -0.25) is 0 Å². The van der Waals surface area contributed by atoms with Crippen molar-refractivity contribution in [3.05, 3.63) is 199 Å². The van der Waals surface area contributed by atoms with Crippen molar-refractivity contribution in [1.82, 2.24) is 0 Å². The van der Waals surface area contributed by atoms with Gasteiger partial charge in [0.1, 0.15) is 0 Å². The van der Waals surface area contributed by atoms with Crippen molar-refractivity contribution in [2.45, 2.75) is 19.3 Å². The summed E-state index contributed by atoms with van der Waals surface area (Å²) in [6, 6.07) is 69.7. The predicted octanol–water partition coefficient (Wildman–Crippen LogP) is 15.5. The van der Waals surface area contributed by atoms with E-state index in [1.54, 1.807) is 0 Å². The molecule has 1 aliphatic rings. The Morgan fingerprint density at radius 1 is 0.400 bits per heavy atom. The van der Waals surface area contributed by atoms with Crippen LogP contribution in [-0.2, 0) is 5.41 Å². The molecule has 0 amide bonds. The van der Waals surface area contributed by atoms with E-state index in [1.807, 2.05) is 11.3 Å². The molecule has 55 heavy (non-hydrogen) atoms. The van der Waals surface area contributed by atoms with Crippen molar-refractivity contribution in [3.63, 3.8) is 0 Å². The zero-order valence-corrected chi connectivity index (χ0v) is 31.6. The molecule has 0 atom stereocenters. The normalized spacial score (nSPS) is 13.1. The lowest BCUT2D eigenvalue weighted by Gasteiger charge is -2.30. The van der Waals surface area contributed by atoms with Crippen LogP contribution in [0, 0.1) is 0 Å². The lowest BCUT2D eigenvalue weighted by atomic mass is 9.82. The molecule has 0 fully saturated rings. The summed E-state index contributed by atoms with van der Waals surface area (Å²) in [7, 11) is 0. The highest BCUT2D eigenvalue weighted by molar-refractivity contribution is 7.25. The van der Waals surface area contributed by atoms with Gasteiger partial charge in [-0.05, 0) is 91.5 Å². The lowest BCUT2D eigenvalue weighted by molar-refractivity contribution is 0.660. The molecule has 1 nitrogen and oxygen atoms in total. The van der Waals surface area contributed by atoms with Crippen LogP contribution < -0.4 is 4.90 Å². The van der Waals surface area contributed by atoms with Gasteiger partial charge in [0.2, 0.25) is 0 Å². The number of thiophene rings is 1. The summed E-state index contributed by atoms with van der Waals surface area (Å²) in [6.07, 6.45) is 0. The van der Waals surface area contributed by atoms with E-state index in [0.29, 0.717) is 0 Å². The van der Waals surface area contributed by atoms with Gasteiger partial charge in [0.05, 0.1) is 11.4 Å². The number of hydrogen-bond donors (Lipinski definition) is 0. The highest BCUT2D eigenvalue weighted by Crippen LogP contribution is 2.54. The first-order valence-electron chi connectivity index (χ1n) is 19.1. The molecule has 9 aromatic carbocycles. The quantitative estimate of drug-likeness (QED) is 0.160. The van der Waals surface area contributed by atoms with Crippen LogP contribution in [0.5, 0.6) is 0 Å². The zero-order valence-electron chi connectivity index (χ0n) is 30.8. The maximum atomic E-state index is 2.50. The van der Waals surface area contributed by atoms with E-state index in [-0.39, 0.29) is 5.41 Å². The van der Waals surface area contributed by atoms with Crippen molar-refractivity contribution >= 4 is 70.1 Å². The van der Waals surface area contributed by atoms with Crippen LogP contribution in [0.2, 0.25) is 0 Å². The summed E-state index contributed by atoms with van der Waals surface area (Å²) in [5.74, 6) is 0. The molecule has 260 valence electrons. The van der Waals surface area contributed by atoms with Crippen LogP contribution in [0.25, 0.3) is 75.1 Å². The van der Waals surface area contributed by atoms with Gasteiger partial charge in [-0.2, -0.15) is 0 Å². The third-order valence-electron chi connectivity index (χ3n) is 11.9. The highest BCUT2D eigenvalue weighted by Gasteiger charge is 2.37. The van der Waals surface area contributed by atoms with Crippen molar-refractivity contribution in [3.8, 4) is 33.4 Å². The number of anilines is 3. The molecule has 2 heteroatoms. The van der Waals surface area contributed by atoms with Gasteiger partial charge in [0, 0.05) is 42.2 Å². The van der Waals surface area contributed by atoms with E-state index in [2.05, 4.69) is 207 Å². The van der Waals surface area contributed by atoms with Gasteiger partial charge in [0.15, 0.2) is 0 Å². The Morgan fingerprint density at radius 3 is 1.96 bits per heavy atom. The second-order valence-corrected chi connectivity index (χ2v) is 16.4. The molecule has 1 aliphatic carbocycles. The minimum Gasteiger partial charge on any atom is -0.309 e. The lowest BCUT2D eigenvalue weighted by Crippen LogP contribution is -2.15. The minimum atomic E-state index is -0.0862. The molecular formula is C53H37NS. The highest BCUT2D eigenvalue weighted by atomic mass is 32.1. The fraction of sp³-hybridized carbons (Fsp3) is 0.0566.